The van der Waals surface area contributed by atoms with Gasteiger partial charge in [0.15, 0.2) is 0 Å². The molecule has 0 bridgehead atoms. The quantitative estimate of drug-likeness (QED) is 0.152. The van der Waals surface area contributed by atoms with E-state index in [2.05, 4.69) is 21.1 Å². The maximum atomic E-state index is 13.2. The van der Waals surface area contributed by atoms with E-state index in [4.69, 9.17) is 5.84 Å². The predicted octanol–water partition coefficient (Wildman–Crippen LogP) is 3.63. The number of aliphatic imine (C=N–C) groups is 1. The number of nitrogens with zero attached hydrogens (tertiary/aromatic N) is 1. The summed E-state index contributed by atoms with van der Waals surface area (Å²) in [5.41, 5.74) is 1.16. The van der Waals surface area contributed by atoms with Gasteiger partial charge in [-0.05, 0) is 41.3 Å². The van der Waals surface area contributed by atoms with Crippen LogP contribution in [-0.4, -0.2) is 35.3 Å². The summed E-state index contributed by atoms with van der Waals surface area (Å²) in [6.07, 6.45) is -3.55. The molecule has 1 unspecified atom stereocenters. The molecule has 0 fully saturated rings. The number of alkyl halides is 3. The van der Waals surface area contributed by atoms with Gasteiger partial charge in [-0.2, -0.15) is 13.2 Å². The van der Waals surface area contributed by atoms with E-state index in [1.165, 1.54) is 18.2 Å². The molecular weight excluding hydrogens is 479 g/mol. The number of carbonyl (C=O) groups is 3. The van der Waals surface area contributed by atoms with Crippen LogP contribution in [0.1, 0.15) is 48.7 Å². The number of nitrogens with two attached hydrogens (primary N) is 1. The van der Waals surface area contributed by atoms with E-state index in [-0.39, 0.29) is 41.1 Å². The van der Waals surface area contributed by atoms with Crippen LogP contribution in [0.5, 0.6) is 0 Å². The first-order valence-electron chi connectivity index (χ1n) is 10.8. The summed E-state index contributed by atoms with van der Waals surface area (Å²) in [7, 11) is 0. The van der Waals surface area contributed by atoms with Gasteiger partial charge in [0.05, 0.1) is 11.3 Å². The maximum absolute atomic E-state index is 13.2. The topological polar surface area (TPSA) is 146 Å². The monoisotopic (exact) mass is 507 g/mol. The van der Waals surface area contributed by atoms with Gasteiger partial charge in [0.2, 0.25) is 5.91 Å². The minimum atomic E-state index is -4.69. The van der Waals surface area contributed by atoms with Gasteiger partial charge in [0, 0.05) is 24.1 Å². The Morgan fingerprint density at radius 1 is 1.08 bits per heavy atom. The van der Waals surface area contributed by atoms with Crippen molar-refractivity contribution < 1.29 is 32.7 Å². The molecule has 0 aromatic heterocycles. The highest BCUT2D eigenvalue weighted by Gasteiger charge is 2.32. The standard InChI is InChI=1S/C24H28F3N5O4/c1-23(2,3)12-20(33)32-19(22(35)36)8-14-4-6-17(7-5-14)31-21(34)15-9-16(24(25,26)27)11-18(10-15)29-13-30-28/h4-7,9-11,13,19H,8,12,28H2,1-3H3,(H,29,30)(H,31,34)(H,32,33)(H,35,36). The van der Waals surface area contributed by atoms with Crippen molar-refractivity contribution in [2.24, 2.45) is 16.3 Å². The second-order valence-corrected chi connectivity index (χ2v) is 9.24. The summed E-state index contributed by atoms with van der Waals surface area (Å²) in [5.74, 6) is 2.68. The van der Waals surface area contributed by atoms with E-state index in [9.17, 15) is 32.7 Å². The summed E-state index contributed by atoms with van der Waals surface area (Å²) in [6, 6.07) is 7.57. The molecule has 2 aromatic rings. The lowest BCUT2D eigenvalue weighted by Gasteiger charge is -2.20. The molecule has 0 saturated carbocycles. The largest absolute Gasteiger partial charge is 0.480 e. The van der Waals surface area contributed by atoms with Crippen molar-refractivity contribution in [1.29, 1.82) is 0 Å². The number of rotatable bonds is 9. The smallest absolute Gasteiger partial charge is 0.416 e. The lowest BCUT2D eigenvalue weighted by molar-refractivity contribution is -0.142. The van der Waals surface area contributed by atoms with Gasteiger partial charge in [-0.3, -0.25) is 9.59 Å². The first-order valence-corrected chi connectivity index (χ1v) is 10.8. The van der Waals surface area contributed by atoms with Crippen LogP contribution >= 0.6 is 0 Å². The third kappa shape index (κ3) is 9.02. The molecule has 0 heterocycles. The zero-order valence-corrected chi connectivity index (χ0v) is 19.9. The number of hydrogen-bond donors (Lipinski definition) is 5. The molecule has 6 N–H and O–H groups in total. The van der Waals surface area contributed by atoms with Gasteiger partial charge in [0.25, 0.3) is 5.91 Å². The lowest BCUT2D eigenvalue weighted by Crippen LogP contribution is -2.43. The van der Waals surface area contributed by atoms with Gasteiger partial charge in [-0.25, -0.2) is 15.6 Å². The molecule has 36 heavy (non-hydrogen) atoms. The summed E-state index contributed by atoms with van der Waals surface area (Å²) < 4.78 is 39.7. The third-order valence-corrected chi connectivity index (χ3v) is 4.77. The Morgan fingerprint density at radius 3 is 2.25 bits per heavy atom. The number of hydrazine groups is 1. The third-order valence-electron chi connectivity index (χ3n) is 4.77. The van der Waals surface area contributed by atoms with Crippen molar-refractivity contribution in [2.45, 2.75) is 45.8 Å². The van der Waals surface area contributed by atoms with E-state index in [0.717, 1.165) is 12.4 Å². The molecule has 2 amide bonds. The molecule has 0 spiro atoms. The van der Waals surface area contributed by atoms with Crippen molar-refractivity contribution in [3.8, 4) is 0 Å². The molecular formula is C24H28F3N5O4. The fourth-order valence-electron chi connectivity index (χ4n) is 3.18. The van der Waals surface area contributed by atoms with Crippen molar-refractivity contribution in [3.05, 3.63) is 59.2 Å². The first kappa shape index (κ1) is 28.3. The zero-order chi connectivity index (χ0) is 27.1. The average molecular weight is 508 g/mol. The molecule has 12 heteroatoms. The maximum Gasteiger partial charge on any atom is 0.416 e. The van der Waals surface area contributed by atoms with Crippen LogP contribution in [0, 0.1) is 5.41 Å². The number of anilines is 1. The Labute approximate surface area is 205 Å². The van der Waals surface area contributed by atoms with Crippen LogP contribution in [-0.2, 0) is 22.2 Å². The number of hydrogen-bond acceptors (Lipinski definition) is 5. The SMILES string of the molecule is CC(C)(C)CC(=O)NC(Cc1ccc(NC(=O)c2cc(N=CNN)cc(C(F)(F)F)c2)cc1)C(=O)O. The lowest BCUT2D eigenvalue weighted by atomic mass is 9.91. The molecule has 0 aliphatic carbocycles. The van der Waals surface area contributed by atoms with Crippen LogP contribution in [0.15, 0.2) is 47.5 Å². The molecule has 194 valence electrons. The van der Waals surface area contributed by atoms with Gasteiger partial charge in [-0.15, -0.1) is 0 Å². The van der Waals surface area contributed by atoms with Gasteiger partial charge in [0.1, 0.15) is 12.4 Å². The second-order valence-electron chi connectivity index (χ2n) is 9.24. The summed E-state index contributed by atoms with van der Waals surface area (Å²) >= 11 is 0. The highest BCUT2D eigenvalue weighted by Crippen LogP contribution is 2.33. The molecule has 0 radical (unpaired) electrons. The Hall–Kier alpha value is -3.93. The van der Waals surface area contributed by atoms with Crippen molar-refractivity contribution in [1.82, 2.24) is 10.7 Å². The minimum absolute atomic E-state index is 0.00358. The fourth-order valence-corrected chi connectivity index (χ4v) is 3.18. The number of nitrogens with one attached hydrogen (secondary N) is 3. The van der Waals surface area contributed by atoms with E-state index < -0.39 is 29.7 Å². The minimum Gasteiger partial charge on any atom is -0.480 e. The van der Waals surface area contributed by atoms with E-state index in [1.807, 2.05) is 20.8 Å². The first-order chi connectivity index (χ1) is 16.7. The zero-order valence-electron chi connectivity index (χ0n) is 19.9. The number of benzene rings is 2. The molecule has 0 aliphatic rings. The van der Waals surface area contributed by atoms with Crippen molar-refractivity contribution >= 4 is 35.5 Å². The Morgan fingerprint density at radius 2 is 1.72 bits per heavy atom. The molecule has 0 saturated heterocycles. The Kier molecular flexibility index (Phi) is 9.17. The Balaban J connectivity index is 2.14. The highest BCUT2D eigenvalue weighted by molar-refractivity contribution is 6.05. The van der Waals surface area contributed by atoms with Crippen LogP contribution in [0.3, 0.4) is 0 Å². The van der Waals surface area contributed by atoms with E-state index in [0.29, 0.717) is 11.6 Å². The van der Waals surface area contributed by atoms with Gasteiger partial charge < -0.3 is 21.2 Å². The Bertz CT molecular complexity index is 1130. The number of carbonyl (C=O) groups excluding carboxylic acids is 2. The molecule has 0 aliphatic heterocycles. The van der Waals surface area contributed by atoms with Crippen LogP contribution in [0.2, 0.25) is 0 Å². The van der Waals surface area contributed by atoms with Crippen LogP contribution < -0.4 is 21.9 Å². The van der Waals surface area contributed by atoms with Gasteiger partial charge in [-0.1, -0.05) is 32.9 Å². The van der Waals surface area contributed by atoms with Gasteiger partial charge >= 0.3 is 12.1 Å². The predicted molar refractivity (Wildman–Crippen MR) is 129 cm³/mol. The molecule has 9 nitrogen and oxygen atoms in total. The number of aliphatic carboxylic acids is 1. The molecule has 2 aromatic carbocycles. The molecule has 1 atom stereocenters. The number of amides is 2. The van der Waals surface area contributed by atoms with Crippen molar-refractivity contribution in [2.75, 3.05) is 5.32 Å². The normalized spacial score (nSPS) is 12.8. The average Bonchev–Trinajstić information content (AvgIpc) is 2.76. The summed E-state index contributed by atoms with van der Waals surface area (Å²) in [4.78, 5) is 40.1. The fraction of sp³-hybridized carbons (Fsp3) is 0.333. The van der Waals surface area contributed by atoms with Crippen LogP contribution in [0.4, 0.5) is 24.5 Å². The second kappa shape index (κ2) is 11.7. The summed E-state index contributed by atoms with van der Waals surface area (Å²) in [6.45, 7) is 5.58. The molecule has 2 rings (SSSR count). The highest BCUT2D eigenvalue weighted by atomic mass is 19.4. The van der Waals surface area contributed by atoms with E-state index in [1.54, 1.807) is 12.1 Å². The number of carboxylic acid groups (broad SMARTS) is 1. The van der Waals surface area contributed by atoms with Crippen molar-refractivity contribution in [3.63, 3.8) is 0 Å². The number of carboxylic acids is 1. The number of halogens is 3. The van der Waals surface area contributed by atoms with Crippen LogP contribution in [0.25, 0.3) is 0 Å². The van der Waals surface area contributed by atoms with E-state index >= 15 is 0 Å². The summed E-state index contributed by atoms with van der Waals surface area (Å²) in [5, 5.41) is 14.5.